The Morgan fingerprint density at radius 2 is 1.92 bits per heavy atom. The molecule has 3 aromatic heterocycles. The van der Waals surface area contributed by atoms with Gasteiger partial charge in [0.25, 0.3) is 5.56 Å². The van der Waals surface area contributed by atoms with E-state index in [9.17, 15) is 9.18 Å². The summed E-state index contributed by atoms with van der Waals surface area (Å²) < 4.78 is 15.8. The topological polar surface area (TPSA) is 102 Å². The number of aromatic amines is 1. The summed E-state index contributed by atoms with van der Waals surface area (Å²) in [6.45, 7) is 0. The van der Waals surface area contributed by atoms with Crippen LogP contribution < -0.4 is 11.3 Å². The van der Waals surface area contributed by atoms with Crippen molar-refractivity contribution in [3.63, 3.8) is 0 Å². The molecule has 0 aliphatic rings. The van der Waals surface area contributed by atoms with E-state index in [-0.39, 0.29) is 5.56 Å². The summed E-state index contributed by atoms with van der Waals surface area (Å²) in [5.74, 6) is 0.350. The van der Waals surface area contributed by atoms with Gasteiger partial charge in [0, 0.05) is 29.6 Å². The van der Waals surface area contributed by atoms with Crippen LogP contribution in [0.25, 0.3) is 28.2 Å². The number of nitrogens with zero attached hydrogens (tertiary/aromatic N) is 4. The molecule has 3 heterocycles. The summed E-state index contributed by atoms with van der Waals surface area (Å²) in [5.41, 5.74) is 7.65. The van der Waals surface area contributed by atoms with Gasteiger partial charge in [-0.2, -0.15) is 10.2 Å². The standard InChI is InChI=1S/C18H13FN6O/c19-14-4-2-1-3-12(14)18-13(11-7-8-21-15(20)9-11)10-25(24-18)16-5-6-17(26)23-22-16/h1-10H,(H2,20,21)(H,23,26). The number of rotatable bonds is 3. The van der Waals surface area contributed by atoms with E-state index >= 15 is 0 Å². The average Bonchev–Trinajstić information content (AvgIpc) is 3.08. The molecule has 0 aliphatic heterocycles. The summed E-state index contributed by atoms with van der Waals surface area (Å²) in [7, 11) is 0. The third-order valence-electron chi connectivity index (χ3n) is 3.83. The van der Waals surface area contributed by atoms with Crippen LogP contribution in [0.5, 0.6) is 0 Å². The highest BCUT2D eigenvalue weighted by Crippen LogP contribution is 2.33. The zero-order chi connectivity index (χ0) is 18.1. The highest BCUT2D eigenvalue weighted by atomic mass is 19.1. The van der Waals surface area contributed by atoms with Gasteiger partial charge >= 0.3 is 0 Å². The van der Waals surface area contributed by atoms with Crippen molar-refractivity contribution in [3.05, 3.63) is 77.1 Å². The predicted octanol–water partition coefficient (Wildman–Crippen LogP) is 2.41. The van der Waals surface area contributed by atoms with Gasteiger partial charge in [-0.1, -0.05) is 12.1 Å². The molecule has 0 unspecified atom stereocenters. The smallest absolute Gasteiger partial charge is 0.264 e. The molecule has 4 aromatic rings. The average molecular weight is 348 g/mol. The molecule has 0 fully saturated rings. The maximum Gasteiger partial charge on any atom is 0.264 e. The van der Waals surface area contributed by atoms with E-state index < -0.39 is 5.82 Å². The molecule has 4 rings (SSSR count). The van der Waals surface area contributed by atoms with Crippen LogP contribution in [0.2, 0.25) is 0 Å². The van der Waals surface area contributed by atoms with E-state index in [0.717, 1.165) is 5.56 Å². The fourth-order valence-corrected chi connectivity index (χ4v) is 2.64. The molecule has 0 spiro atoms. The van der Waals surface area contributed by atoms with Crippen molar-refractivity contribution < 1.29 is 4.39 Å². The van der Waals surface area contributed by atoms with Crippen molar-refractivity contribution in [1.29, 1.82) is 0 Å². The molecule has 7 nitrogen and oxygen atoms in total. The molecular formula is C18H13FN6O. The Hall–Kier alpha value is -3.81. The fourth-order valence-electron chi connectivity index (χ4n) is 2.64. The summed E-state index contributed by atoms with van der Waals surface area (Å²) in [4.78, 5) is 15.2. The first-order chi connectivity index (χ1) is 12.6. The monoisotopic (exact) mass is 348 g/mol. The maximum atomic E-state index is 14.4. The minimum absolute atomic E-state index is 0.322. The van der Waals surface area contributed by atoms with Gasteiger partial charge < -0.3 is 5.73 Å². The van der Waals surface area contributed by atoms with Gasteiger partial charge in [-0.15, -0.1) is 0 Å². The molecule has 0 aliphatic carbocycles. The first kappa shape index (κ1) is 15.7. The zero-order valence-corrected chi connectivity index (χ0v) is 13.4. The second-order valence-corrected chi connectivity index (χ2v) is 5.56. The number of anilines is 1. The summed E-state index contributed by atoms with van der Waals surface area (Å²) in [5, 5.41) is 10.8. The van der Waals surface area contributed by atoms with Crippen LogP contribution in [0, 0.1) is 5.82 Å². The number of hydrogen-bond acceptors (Lipinski definition) is 5. The van der Waals surface area contributed by atoms with E-state index in [2.05, 4.69) is 20.3 Å². The van der Waals surface area contributed by atoms with Crippen LogP contribution in [0.3, 0.4) is 0 Å². The van der Waals surface area contributed by atoms with Crippen LogP contribution in [0.1, 0.15) is 0 Å². The summed E-state index contributed by atoms with van der Waals surface area (Å²) in [6.07, 6.45) is 3.28. The molecular weight excluding hydrogens is 335 g/mol. The molecule has 0 amide bonds. The Morgan fingerprint density at radius 1 is 1.08 bits per heavy atom. The lowest BCUT2D eigenvalue weighted by atomic mass is 10.0. The number of H-pyrrole nitrogens is 1. The Balaban J connectivity index is 1.95. The normalized spacial score (nSPS) is 10.8. The quantitative estimate of drug-likeness (QED) is 0.592. The van der Waals surface area contributed by atoms with E-state index in [4.69, 9.17) is 5.73 Å². The van der Waals surface area contributed by atoms with Crippen LogP contribution in [0.4, 0.5) is 10.2 Å². The predicted molar refractivity (Wildman–Crippen MR) is 95.0 cm³/mol. The molecule has 0 saturated carbocycles. The molecule has 0 atom stereocenters. The van der Waals surface area contributed by atoms with Gasteiger partial charge in [-0.05, 0) is 35.9 Å². The van der Waals surface area contributed by atoms with Crippen LogP contribution in [-0.2, 0) is 0 Å². The Kier molecular flexibility index (Phi) is 3.77. The lowest BCUT2D eigenvalue weighted by Gasteiger charge is -2.04. The Morgan fingerprint density at radius 3 is 2.65 bits per heavy atom. The highest BCUT2D eigenvalue weighted by Gasteiger charge is 2.17. The molecule has 3 N–H and O–H groups in total. The van der Waals surface area contributed by atoms with Gasteiger partial charge in [-0.3, -0.25) is 4.79 Å². The highest BCUT2D eigenvalue weighted by molar-refractivity contribution is 5.81. The third kappa shape index (κ3) is 2.84. The first-order valence-electron chi connectivity index (χ1n) is 7.74. The van der Waals surface area contributed by atoms with Gasteiger partial charge in [-0.25, -0.2) is 19.2 Å². The number of halogens is 1. The van der Waals surface area contributed by atoms with E-state index in [1.807, 2.05) is 0 Å². The zero-order valence-electron chi connectivity index (χ0n) is 13.4. The summed E-state index contributed by atoms with van der Waals surface area (Å²) >= 11 is 0. The van der Waals surface area contributed by atoms with E-state index in [0.29, 0.717) is 28.5 Å². The lowest BCUT2D eigenvalue weighted by molar-refractivity contribution is 0.630. The maximum absolute atomic E-state index is 14.4. The Labute approximate surface area is 147 Å². The number of nitrogen functional groups attached to an aromatic ring is 1. The minimum atomic E-state index is -0.393. The number of aromatic nitrogens is 5. The summed E-state index contributed by atoms with van der Waals surface area (Å²) in [6, 6.07) is 12.7. The molecule has 0 bridgehead atoms. The molecule has 8 heteroatoms. The molecule has 0 saturated heterocycles. The van der Waals surface area contributed by atoms with Crippen molar-refractivity contribution in [2.24, 2.45) is 0 Å². The van der Waals surface area contributed by atoms with Gasteiger partial charge in [0.1, 0.15) is 17.3 Å². The second-order valence-electron chi connectivity index (χ2n) is 5.56. The number of nitrogens with two attached hydrogens (primary N) is 1. The van der Waals surface area contributed by atoms with Gasteiger partial charge in [0.05, 0.1) is 0 Å². The van der Waals surface area contributed by atoms with Gasteiger partial charge in [0.2, 0.25) is 0 Å². The lowest BCUT2D eigenvalue weighted by Crippen LogP contribution is -2.09. The van der Waals surface area contributed by atoms with Gasteiger partial charge in [0.15, 0.2) is 5.82 Å². The van der Waals surface area contributed by atoms with E-state index in [1.165, 1.54) is 22.9 Å². The van der Waals surface area contributed by atoms with Crippen molar-refractivity contribution >= 4 is 5.82 Å². The second kappa shape index (κ2) is 6.25. The minimum Gasteiger partial charge on any atom is -0.384 e. The van der Waals surface area contributed by atoms with Crippen LogP contribution >= 0.6 is 0 Å². The first-order valence-corrected chi connectivity index (χ1v) is 7.74. The number of benzene rings is 1. The fraction of sp³-hybridized carbons (Fsp3) is 0. The molecule has 128 valence electrons. The van der Waals surface area contributed by atoms with Crippen molar-refractivity contribution in [2.75, 3.05) is 5.73 Å². The van der Waals surface area contributed by atoms with Crippen molar-refractivity contribution in [3.8, 4) is 28.2 Å². The number of hydrogen-bond donors (Lipinski definition) is 2. The largest absolute Gasteiger partial charge is 0.384 e. The number of nitrogens with one attached hydrogen (secondary N) is 1. The van der Waals surface area contributed by atoms with Crippen molar-refractivity contribution in [2.45, 2.75) is 0 Å². The molecule has 1 aromatic carbocycles. The SMILES string of the molecule is Nc1cc(-c2cn(-c3ccc(=O)[nH]n3)nc2-c2ccccc2F)ccn1. The molecule has 26 heavy (non-hydrogen) atoms. The van der Waals surface area contributed by atoms with E-state index in [1.54, 1.807) is 42.7 Å². The van der Waals surface area contributed by atoms with Crippen LogP contribution in [-0.4, -0.2) is 25.0 Å². The number of pyridine rings is 1. The van der Waals surface area contributed by atoms with Crippen LogP contribution in [0.15, 0.2) is 65.7 Å². The van der Waals surface area contributed by atoms with Crippen molar-refractivity contribution in [1.82, 2.24) is 25.0 Å². The third-order valence-corrected chi connectivity index (χ3v) is 3.83. The Bertz CT molecular complexity index is 1130. The molecule has 0 radical (unpaired) electrons.